The quantitative estimate of drug-likeness (QED) is 0.0261. The van der Waals surface area contributed by atoms with Gasteiger partial charge in [0.05, 0.1) is 0 Å². The molecule has 0 bridgehead atoms. The van der Waals surface area contributed by atoms with Crippen LogP contribution in [0.3, 0.4) is 0 Å². The number of allylic oxidation sites excluding steroid dienone is 14. The highest BCUT2D eigenvalue weighted by molar-refractivity contribution is 5.71. The van der Waals surface area contributed by atoms with Crippen LogP contribution in [0.15, 0.2) is 85.1 Å². The van der Waals surface area contributed by atoms with Crippen LogP contribution in [-0.2, 0) is 28.6 Å². The monoisotopic (exact) mass is 975 g/mol. The molecule has 0 saturated carbocycles. The Morgan fingerprint density at radius 2 is 0.557 bits per heavy atom. The van der Waals surface area contributed by atoms with E-state index in [1.165, 1.54) is 122 Å². The van der Waals surface area contributed by atoms with Crippen molar-refractivity contribution in [1.82, 2.24) is 0 Å². The van der Waals surface area contributed by atoms with E-state index in [1.807, 2.05) is 0 Å². The minimum atomic E-state index is -0.780. The highest BCUT2D eigenvalue weighted by Crippen LogP contribution is 2.16. The van der Waals surface area contributed by atoms with Gasteiger partial charge in [-0.15, -0.1) is 0 Å². The third-order valence-corrected chi connectivity index (χ3v) is 12.7. The van der Waals surface area contributed by atoms with E-state index in [-0.39, 0.29) is 31.1 Å². The van der Waals surface area contributed by atoms with Crippen molar-refractivity contribution in [1.29, 1.82) is 0 Å². The van der Waals surface area contributed by atoms with E-state index in [9.17, 15) is 14.4 Å². The first-order valence-corrected chi connectivity index (χ1v) is 29.6. The predicted octanol–water partition coefficient (Wildman–Crippen LogP) is 19.9. The summed E-state index contributed by atoms with van der Waals surface area (Å²) in [6, 6.07) is 0. The molecule has 0 aliphatic rings. The second-order valence-electron chi connectivity index (χ2n) is 19.5. The summed E-state index contributed by atoms with van der Waals surface area (Å²) in [6.45, 7) is 6.49. The molecule has 0 aliphatic carbocycles. The Bertz CT molecular complexity index is 1350. The lowest BCUT2D eigenvalue weighted by molar-refractivity contribution is -0.167. The number of ether oxygens (including phenoxy) is 3. The maximum atomic E-state index is 12.8. The lowest BCUT2D eigenvalue weighted by Crippen LogP contribution is -2.30. The number of esters is 3. The molecule has 70 heavy (non-hydrogen) atoms. The molecule has 6 nitrogen and oxygen atoms in total. The van der Waals surface area contributed by atoms with Crippen LogP contribution in [0.1, 0.15) is 284 Å². The van der Waals surface area contributed by atoms with Gasteiger partial charge in [-0.1, -0.05) is 273 Å². The van der Waals surface area contributed by atoms with Crippen molar-refractivity contribution >= 4 is 17.9 Å². The first kappa shape index (κ1) is 66.6. The number of unbranched alkanes of at least 4 members (excludes halogenated alkanes) is 28. The Kier molecular flexibility index (Phi) is 55.3. The van der Waals surface area contributed by atoms with Crippen LogP contribution >= 0.6 is 0 Å². The van der Waals surface area contributed by atoms with E-state index >= 15 is 0 Å². The summed E-state index contributed by atoms with van der Waals surface area (Å²) in [5.74, 6) is -0.898. The van der Waals surface area contributed by atoms with Crippen molar-refractivity contribution in [2.75, 3.05) is 13.2 Å². The SMILES string of the molecule is CC/C=C\C/C=C\C/C=C\C/C=C\C/C=C\C/C=C\C/C=C\CCCCCCCC(=O)OCC(COC(=O)CCCCCCCCC)OC(=O)CCCCCCCCCCCCCCCCCCCC. The van der Waals surface area contributed by atoms with Crippen molar-refractivity contribution in [3.63, 3.8) is 0 Å². The largest absolute Gasteiger partial charge is 0.462 e. The van der Waals surface area contributed by atoms with E-state index < -0.39 is 6.10 Å². The summed E-state index contributed by atoms with van der Waals surface area (Å²) < 4.78 is 16.8. The van der Waals surface area contributed by atoms with Crippen LogP contribution in [0.4, 0.5) is 0 Å². The molecule has 0 rings (SSSR count). The van der Waals surface area contributed by atoms with Gasteiger partial charge in [0, 0.05) is 19.3 Å². The number of hydrogen-bond donors (Lipinski definition) is 0. The minimum Gasteiger partial charge on any atom is -0.462 e. The van der Waals surface area contributed by atoms with E-state index in [1.54, 1.807) is 0 Å². The highest BCUT2D eigenvalue weighted by Gasteiger charge is 2.19. The van der Waals surface area contributed by atoms with Gasteiger partial charge in [0.25, 0.3) is 0 Å². The molecule has 0 spiro atoms. The zero-order chi connectivity index (χ0) is 50.7. The molecular formula is C64H110O6. The van der Waals surface area contributed by atoms with Crippen LogP contribution in [-0.4, -0.2) is 37.2 Å². The van der Waals surface area contributed by atoms with Crippen molar-refractivity contribution in [3.05, 3.63) is 85.1 Å². The van der Waals surface area contributed by atoms with Gasteiger partial charge < -0.3 is 14.2 Å². The van der Waals surface area contributed by atoms with Gasteiger partial charge in [-0.05, 0) is 77.0 Å². The summed E-state index contributed by atoms with van der Waals surface area (Å²) in [7, 11) is 0. The second kappa shape index (κ2) is 58.2. The van der Waals surface area contributed by atoms with E-state index in [0.29, 0.717) is 19.3 Å². The molecule has 0 aromatic heterocycles. The lowest BCUT2D eigenvalue weighted by Gasteiger charge is -2.18. The molecule has 0 saturated heterocycles. The van der Waals surface area contributed by atoms with Crippen LogP contribution in [0.5, 0.6) is 0 Å². The summed E-state index contributed by atoms with van der Waals surface area (Å²) in [5, 5.41) is 0. The van der Waals surface area contributed by atoms with Gasteiger partial charge in [-0.2, -0.15) is 0 Å². The summed E-state index contributed by atoms with van der Waals surface area (Å²) in [4.78, 5) is 38.0. The maximum absolute atomic E-state index is 12.8. The standard InChI is InChI=1S/C64H110O6/c1-4-7-10-13-16-18-20-22-24-26-28-29-30-31-32-33-34-35-36-38-39-41-43-45-48-51-54-57-63(66)69-60-61(59-68-62(65)56-53-50-47-15-12-9-6-3)70-64(67)58-55-52-49-46-44-42-40-37-27-25-23-21-19-17-14-11-8-5-2/h7,10,16,18,22,24,28-29,31-32,34-35,38-39,61H,4-6,8-9,11-15,17,19-21,23,25-27,30,33,36-37,40-60H2,1-3H3/b10-7-,18-16-,24-22-,29-28-,32-31-,35-34-,39-38-. The molecule has 0 amide bonds. The molecule has 1 unspecified atom stereocenters. The van der Waals surface area contributed by atoms with Gasteiger partial charge in [-0.3, -0.25) is 14.4 Å². The zero-order valence-corrected chi connectivity index (χ0v) is 46.0. The van der Waals surface area contributed by atoms with Gasteiger partial charge in [0.1, 0.15) is 13.2 Å². The van der Waals surface area contributed by atoms with Crippen LogP contribution in [0.2, 0.25) is 0 Å². The minimum absolute atomic E-state index is 0.0800. The summed E-state index contributed by atoms with van der Waals surface area (Å²) in [5.41, 5.74) is 0. The third-order valence-electron chi connectivity index (χ3n) is 12.7. The van der Waals surface area contributed by atoms with Crippen molar-refractivity contribution < 1.29 is 28.6 Å². The summed E-state index contributed by atoms with van der Waals surface area (Å²) >= 11 is 0. The number of carbonyl (C=O) groups is 3. The van der Waals surface area contributed by atoms with Crippen LogP contribution in [0.25, 0.3) is 0 Å². The number of carbonyl (C=O) groups excluding carboxylic acids is 3. The summed E-state index contributed by atoms with van der Waals surface area (Å²) in [6.07, 6.45) is 76.0. The molecule has 0 radical (unpaired) electrons. The number of rotatable bonds is 53. The molecule has 0 aromatic rings. The fourth-order valence-electron chi connectivity index (χ4n) is 8.25. The molecule has 0 N–H and O–H groups in total. The molecule has 1 atom stereocenters. The average molecular weight is 976 g/mol. The first-order valence-electron chi connectivity index (χ1n) is 29.6. The van der Waals surface area contributed by atoms with Crippen LogP contribution < -0.4 is 0 Å². The smallest absolute Gasteiger partial charge is 0.306 e. The molecule has 0 aromatic carbocycles. The van der Waals surface area contributed by atoms with Gasteiger partial charge in [-0.25, -0.2) is 0 Å². The van der Waals surface area contributed by atoms with Gasteiger partial charge >= 0.3 is 17.9 Å². The third kappa shape index (κ3) is 55.5. The fraction of sp³-hybridized carbons (Fsp3) is 0.734. The highest BCUT2D eigenvalue weighted by atomic mass is 16.6. The van der Waals surface area contributed by atoms with Crippen molar-refractivity contribution in [3.8, 4) is 0 Å². The fourth-order valence-corrected chi connectivity index (χ4v) is 8.25. The molecule has 402 valence electrons. The maximum Gasteiger partial charge on any atom is 0.306 e. The van der Waals surface area contributed by atoms with E-state index in [4.69, 9.17) is 14.2 Å². The lowest BCUT2D eigenvalue weighted by atomic mass is 10.0. The Morgan fingerprint density at radius 3 is 0.871 bits per heavy atom. The predicted molar refractivity (Wildman–Crippen MR) is 302 cm³/mol. The Morgan fingerprint density at radius 1 is 0.300 bits per heavy atom. The van der Waals surface area contributed by atoms with Gasteiger partial charge in [0.15, 0.2) is 6.10 Å². The molecule has 0 heterocycles. The first-order chi connectivity index (χ1) is 34.5. The zero-order valence-electron chi connectivity index (χ0n) is 46.0. The number of hydrogen-bond acceptors (Lipinski definition) is 6. The van der Waals surface area contributed by atoms with Crippen LogP contribution in [0, 0.1) is 0 Å². The second-order valence-corrected chi connectivity index (χ2v) is 19.5. The van der Waals surface area contributed by atoms with Gasteiger partial charge in [0.2, 0.25) is 0 Å². The van der Waals surface area contributed by atoms with Crippen molar-refractivity contribution in [2.24, 2.45) is 0 Å². The molecule has 0 aliphatic heterocycles. The van der Waals surface area contributed by atoms with E-state index in [2.05, 4.69) is 106 Å². The van der Waals surface area contributed by atoms with E-state index in [0.717, 1.165) is 122 Å². The topological polar surface area (TPSA) is 78.9 Å². The Balaban J connectivity index is 4.22. The molecule has 0 fully saturated rings. The molecular weight excluding hydrogens is 865 g/mol. The average Bonchev–Trinajstić information content (AvgIpc) is 3.36. The Labute approximate surface area is 433 Å². The molecule has 6 heteroatoms. The Hall–Kier alpha value is -3.41. The van der Waals surface area contributed by atoms with Crippen molar-refractivity contribution in [2.45, 2.75) is 290 Å². The normalized spacial score (nSPS) is 12.7.